The molecule has 0 spiro atoms. The van der Waals surface area contributed by atoms with Crippen molar-refractivity contribution in [2.24, 2.45) is 5.10 Å². The van der Waals surface area contributed by atoms with Crippen molar-refractivity contribution in [2.45, 2.75) is 11.8 Å². The van der Waals surface area contributed by atoms with Crippen LogP contribution in [0.5, 0.6) is 0 Å². The average Bonchev–Trinajstić information content (AvgIpc) is 3.53. The summed E-state index contributed by atoms with van der Waals surface area (Å²) in [5.41, 5.74) is 5.82. The van der Waals surface area contributed by atoms with Crippen LogP contribution in [0.3, 0.4) is 0 Å². The molecule has 174 valence electrons. The van der Waals surface area contributed by atoms with Crippen LogP contribution in [0, 0.1) is 6.92 Å². The number of carbonyl (C=O) groups is 1. The van der Waals surface area contributed by atoms with Gasteiger partial charge in [-0.3, -0.25) is 4.79 Å². The lowest BCUT2D eigenvalue weighted by Gasteiger charge is -2.08. The standard InChI is InChI=1S/C27H22N4O3S/c1-20-12-14-22(15-13-20)35(33,34)31-19-21(23-8-2-5-11-26(23)31)18-28-29-27(32)24-9-3-4-10-25(24)30-16-6-7-17-30/h2-19H,1H3,(H,29,32)/b28-18-. The fraction of sp³-hybridized carbons (Fsp3) is 0.0370. The lowest BCUT2D eigenvalue weighted by molar-refractivity contribution is 0.0955. The van der Waals surface area contributed by atoms with Crippen LogP contribution < -0.4 is 5.43 Å². The second-order valence-corrected chi connectivity index (χ2v) is 9.84. The van der Waals surface area contributed by atoms with E-state index in [1.165, 1.54) is 16.4 Å². The SMILES string of the molecule is Cc1ccc(S(=O)(=O)n2cc(/C=N\NC(=O)c3ccccc3-n3cccc3)c3ccccc32)cc1. The van der Waals surface area contributed by atoms with Gasteiger partial charge in [0.1, 0.15) is 0 Å². The first-order valence-corrected chi connectivity index (χ1v) is 12.4. The molecule has 3 aromatic carbocycles. The van der Waals surface area contributed by atoms with Gasteiger partial charge in [0, 0.05) is 29.5 Å². The third-order valence-electron chi connectivity index (χ3n) is 5.69. The maximum atomic E-state index is 13.3. The van der Waals surface area contributed by atoms with Crippen molar-refractivity contribution in [3.8, 4) is 5.69 Å². The van der Waals surface area contributed by atoms with Gasteiger partial charge in [-0.1, -0.05) is 48.0 Å². The molecular weight excluding hydrogens is 460 g/mol. The maximum Gasteiger partial charge on any atom is 0.273 e. The summed E-state index contributed by atoms with van der Waals surface area (Å²) in [6.45, 7) is 1.90. The van der Waals surface area contributed by atoms with Crippen LogP contribution in [0.15, 0.2) is 114 Å². The molecule has 35 heavy (non-hydrogen) atoms. The number of nitrogens with zero attached hydrogens (tertiary/aromatic N) is 3. The lowest BCUT2D eigenvalue weighted by Crippen LogP contribution is -2.19. The number of para-hydroxylation sites is 2. The molecule has 0 atom stereocenters. The monoisotopic (exact) mass is 482 g/mol. The van der Waals surface area contributed by atoms with Gasteiger partial charge in [0.25, 0.3) is 15.9 Å². The molecule has 8 heteroatoms. The third kappa shape index (κ3) is 4.27. The highest BCUT2D eigenvalue weighted by Crippen LogP contribution is 2.25. The van der Waals surface area contributed by atoms with Gasteiger partial charge in [-0.25, -0.2) is 17.8 Å². The van der Waals surface area contributed by atoms with Gasteiger partial charge in [-0.2, -0.15) is 5.10 Å². The number of fused-ring (bicyclic) bond motifs is 1. The van der Waals surface area contributed by atoms with E-state index in [9.17, 15) is 13.2 Å². The highest BCUT2D eigenvalue weighted by molar-refractivity contribution is 7.90. The molecule has 2 heterocycles. The fourth-order valence-electron chi connectivity index (χ4n) is 3.91. The first-order chi connectivity index (χ1) is 16.9. The van der Waals surface area contributed by atoms with E-state index in [-0.39, 0.29) is 10.8 Å². The Morgan fingerprint density at radius 2 is 1.57 bits per heavy atom. The summed E-state index contributed by atoms with van der Waals surface area (Å²) in [7, 11) is -3.81. The number of rotatable bonds is 6. The van der Waals surface area contributed by atoms with E-state index in [0.717, 1.165) is 11.3 Å². The summed E-state index contributed by atoms with van der Waals surface area (Å²) < 4.78 is 29.8. The molecule has 0 aliphatic heterocycles. The summed E-state index contributed by atoms with van der Waals surface area (Å²) in [5, 5.41) is 4.83. The molecule has 0 fully saturated rings. The van der Waals surface area contributed by atoms with Crippen molar-refractivity contribution in [3.63, 3.8) is 0 Å². The summed E-state index contributed by atoms with van der Waals surface area (Å²) >= 11 is 0. The van der Waals surface area contributed by atoms with Crippen molar-refractivity contribution in [2.75, 3.05) is 0 Å². The molecule has 0 bridgehead atoms. The minimum atomic E-state index is -3.81. The molecule has 0 aliphatic carbocycles. The van der Waals surface area contributed by atoms with Crippen LogP contribution in [0.1, 0.15) is 21.5 Å². The fourth-order valence-corrected chi connectivity index (χ4v) is 5.29. The average molecular weight is 483 g/mol. The van der Waals surface area contributed by atoms with Crippen LogP contribution in [0.2, 0.25) is 0 Å². The Morgan fingerprint density at radius 3 is 2.34 bits per heavy atom. The molecule has 0 aliphatic rings. The molecule has 0 saturated heterocycles. The first kappa shape index (κ1) is 22.4. The molecule has 0 saturated carbocycles. The Hall–Kier alpha value is -4.43. The quantitative estimate of drug-likeness (QED) is 0.280. The predicted octanol–water partition coefficient (Wildman–Crippen LogP) is 4.74. The normalized spacial score (nSPS) is 11.8. The minimum absolute atomic E-state index is 0.197. The number of benzene rings is 3. The number of amides is 1. The number of aryl methyl sites for hydroxylation is 1. The molecule has 0 unspecified atom stereocenters. The predicted molar refractivity (Wildman–Crippen MR) is 137 cm³/mol. The van der Waals surface area contributed by atoms with E-state index >= 15 is 0 Å². The molecule has 0 radical (unpaired) electrons. The van der Waals surface area contributed by atoms with E-state index < -0.39 is 10.0 Å². The van der Waals surface area contributed by atoms with Crippen LogP contribution in [0.4, 0.5) is 0 Å². The molecule has 7 nitrogen and oxygen atoms in total. The minimum Gasteiger partial charge on any atom is -0.323 e. The van der Waals surface area contributed by atoms with Gasteiger partial charge in [0.2, 0.25) is 0 Å². The molecule has 5 aromatic rings. The second-order valence-electron chi connectivity index (χ2n) is 8.02. The lowest BCUT2D eigenvalue weighted by atomic mass is 10.1. The summed E-state index contributed by atoms with van der Waals surface area (Å²) in [5.74, 6) is -0.374. The van der Waals surface area contributed by atoms with Crippen LogP contribution in [0.25, 0.3) is 16.6 Å². The Kier molecular flexibility index (Phi) is 5.80. The summed E-state index contributed by atoms with van der Waals surface area (Å²) in [6, 6.07) is 24.9. The number of hydrogen-bond donors (Lipinski definition) is 1. The Morgan fingerprint density at radius 1 is 0.886 bits per heavy atom. The molecule has 1 N–H and O–H groups in total. The zero-order valence-electron chi connectivity index (χ0n) is 18.9. The van der Waals surface area contributed by atoms with Crippen molar-refractivity contribution in [1.82, 2.24) is 14.0 Å². The van der Waals surface area contributed by atoms with Crippen LogP contribution >= 0.6 is 0 Å². The highest BCUT2D eigenvalue weighted by Gasteiger charge is 2.20. The van der Waals surface area contributed by atoms with E-state index in [2.05, 4.69) is 10.5 Å². The molecule has 2 aromatic heterocycles. The number of hydrogen-bond acceptors (Lipinski definition) is 4. The zero-order chi connectivity index (χ0) is 24.4. The Labute approximate surface area is 203 Å². The topological polar surface area (TPSA) is 85.5 Å². The Bertz CT molecular complexity index is 1650. The second kappa shape index (κ2) is 9.08. The van der Waals surface area contributed by atoms with Gasteiger partial charge in [0.05, 0.1) is 27.9 Å². The van der Waals surface area contributed by atoms with E-state index in [0.29, 0.717) is 22.0 Å². The van der Waals surface area contributed by atoms with Crippen molar-refractivity contribution in [3.05, 3.63) is 120 Å². The smallest absolute Gasteiger partial charge is 0.273 e. The number of carbonyl (C=O) groups excluding carboxylic acids is 1. The van der Waals surface area contributed by atoms with Gasteiger partial charge in [-0.05, 0) is 49.4 Å². The van der Waals surface area contributed by atoms with E-state index in [1.807, 2.05) is 60.3 Å². The number of nitrogens with one attached hydrogen (secondary N) is 1. The third-order valence-corrected chi connectivity index (χ3v) is 7.38. The van der Waals surface area contributed by atoms with Gasteiger partial charge < -0.3 is 4.57 Å². The summed E-state index contributed by atoms with van der Waals surface area (Å²) in [6.07, 6.45) is 6.69. The van der Waals surface area contributed by atoms with Gasteiger partial charge in [0.15, 0.2) is 0 Å². The largest absolute Gasteiger partial charge is 0.323 e. The van der Waals surface area contributed by atoms with Crippen molar-refractivity contribution < 1.29 is 13.2 Å². The maximum absolute atomic E-state index is 13.3. The van der Waals surface area contributed by atoms with Gasteiger partial charge in [-0.15, -0.1) is 0 Å². The number of aromatic nitrogens is 2. The van der Waals surface area contributed by atoms with Crippen LogP contribution in [-0.2, 0) is 10.0 Å². The van der Waals surface area contributed by atoms with Crippen molar-refractivity contribution in [1.29, 1.82) is 0 Å². The van der Waals surface area contributed by atoms with E-state index in [1.54, 1.807) is 48.5 Å². The highest BCUT2D eigenvalue weighted by atomic mass is 32.2. The Balaban J connectivity index is 1.46. The van der Waals surface area contributed by atoms with Crippen LogP contribution in [-0.4, -0.2) is 29.1 Å². The summed E-state index contributed by atoms with van der Waals surface area (Å²) in [4.78, 5) is 13.0. The number of hydrazone groups is 1. The molecular formula is C27H22N4O3S. The van der Waals surface area contributed by atoms with E-state index in [4.69, 9.17) is 0 Å². The molecule has 5 rings (SSSR count). The van der Waals surface area contributed by atoms with Gasteiger partial charge >= 0.3 is 0 Å². The zero-order valence-corrected chi connectivity index (χ0v) is 19.7. The van der Waals surface area contributed by atoms with Crippen molar-refractivity contribution >= 4 is 33.0 Å². The molecule has 1 amide bonds. The first-order valence-electron chi connectivity index (χ1n) is 10.9.